The summed E-state index contributed by atoms with van der Waals surface area (Å²) in [6, 6.07) is 26.0. The molecule has 0 spiro atoms. The highest BCUT2D eigenvalue weighted by molar-refractivity contribution is 6.03. The Hall–Kier alpha value is -5.59. The van der Waals surface area contributed by atoms with Gasteiger partial charge in [0.2, 0.25) is 12.8 Å². The van der Waals surface area contributed by atoms with Gasteiger partial charge in [0.15, 0.2) is 11.5 Å². The zero-order chi connectivity index (χ0) is 36.7. The maximum Gasteiger partial charge on any atom is 0.261 e. The molecule has 0 saturated carbocycles. The average Bonchev–Trinajstić information content (AvgIpc) is 3.79. The molecule has 4 aromatic rings. The average molecular weight is 755 g/mol. The number of halogens is 3. The lowest BCUT2D eigenvalue weighted by molar-refractivity contribution is 0.0123. The second-order valence-corrected chi connectivity index (χ2v) is 13.9. The van der Waals surface area contributed by atoms with Gasteiger partial charge in [-0.2, -0.15) is 0 Å². The second-order valence-electron chi connectivity index (χ2n) is 13.9. The number of hydrogen-bond donors (Lipinski definition) is 3. The third-order valence-corrected chi connectivity index (χ3v) is 10.2. The van der Waals surface area contributed by atoms with Gasteiger partial charge in [0.05, 0.1) is 17.8 Å². The van der Waals surface area contributed by atoms with Crippen LogP contribution in [0.2, 0.25) is 0 Å². The van der Waals surface area contributed by atoms with E-state index in [4.69, 9.17) is 9.47 Å². The summed E-state index contributed by atoms with van der Waals surface area (Å²) in [7, 11) is 0. The maximum atomic E-state index is 14.4. The van der Waals surface area contributed by atoms with Crippen molar-refractivity contribution in [2.75, 3.05) is 31.3 Å². The van der Waals surface area contributed by atoms with Crippen molar-refractivity contribution in [2.45, 2.75) is 44.7 Å². The zero-order valence-electron chi connectivity index (χ0n) is 29.7. The molecule has 0 radical (unpaired) electrons. The maximum absolute atomic E-state index is 14.4. The normalized spacial score (nSPS) is 18.4. The third-order valence-electron chi connectivity index (χ3n) is 10.2. The van der Waals surface area contributed by atoms with E-state index in [1.807, 2.05) is 47.4 Å². The molecular formula is C41H41ClF2N6O4. The second kappa shape index (κ2) is 15.0. The molecular weight excluding hydrogens is 714 g/mol. The third kappa shape index (κ3) is 7.44. The Bertz CT molecular complexity index is 2110. The van der Waals surface area contributed by atoms with Crippen molar-refractivity contribution < 1.29 is 28.2 Å². The number of nitrogens with one attached hydrogen (secondary N) is 2. The number of hydrazine groups is 1. The van der Waals surface area contributed by atoms with Crippen LogP contribution in [0, 0.1) is 5.41 Å². The summed E-state index contributed by atoms with van der Waals surface area (Å²) in [5.74, 6) is -1.60. The predicted octanol–water partition coefficient (Wildman–Crippen LogP) is 7.46. The SMILES string of the molecule is C[C@@H]1Cc2ccccc2CN1C(=O)c1cc2c(cc1C1=CC=CN(C(=N)N(c3ccc(O)cc3)c3ccc(CCN4CCC(F)(F)C4)cc3)N1)OCO2.Cl. The lowest BCUT2D eigenvalue weighted by Crippen LogP contribution is -2.46. The van der Waals surface area contributed by atoms with E-state index in [2.05, 4.69) is 24.5 Å². The first kappa shape index (κ1) is 36.8. The number of phenolic OH excluding ortho intramolecular Hbond substituents is 1. The van der Waals surface area contributed by atoms with Crippen molar-refractivity contribution in [2.24, 2.45) is 0 Å². The number of benzene rings is 4. The highest BCUT2D eigenvalue weighted by atomic mass is 35.5. The summed E-state index contributed by atoms with van der Waals surface area (Å²) >= 11 is 0. The van der Waals surface area contributed by atoms with Crippen LogP contribution in [0.5, 0.6) is 17.2 Å². The molecule has 0 bridgehead atoms. The van der Waals surface area contributed by atoms with Crippen LogP contribution in [-0.2, 0) is 19.4 Å². The summed E-state index contributed by atoms with van der Waals surface area (Å²) < 4.78 is 38.9. The fourth-order valence-corrected chi connectivity index (χ4v) is 7.35. The van der Waals surface area contributed by atoms with Gasteiger partial charge >= 0.3 is 0 Å². The Morgan fingerprint density at radius 2 is 1.69 bits per heavy atom. The molecule has 4 aromatic carbocycles. The summed E-state index contributed by atoms with van der Waals surface area (Å²) in [4.78, 5) is 19.8. The fourth-order valence-electron chi connectivity index (χ4n) is 7.35. The minimum absolute atomic E-state index is 0. The van der Waals surface area contributed by atoms with Crippen molar-refractivity contribution >= 4 is 41.3 Å². The van der Waals surface area contributed by atoms with Gasteiger partial charge in [-0.25, -0.2) is 13.8 Å². The number of carbonyl (C=O) groups excluding carboxylic acids is 1. The molecule has 280 valence electrons. The minimum Gasteiger partial charge on any atom is -0.508 e. The van der Waals surface area contributed by atoms with Gasteiger partial charge in [0, 0.05) is 55.2 Å². The van der Waals surface area contributed by atoms with Crippen molar-refractivity contribution in [3.63, 3.8) is 0 Å². The zero-order valence-corrected chi connectivity index (χ0v) is 30.5. The standard InChI is InChI=1S/C41H40F2N6O4.ClH/c1-27-21-29-5-2-3-6-30(29)24-47(27)39(51)35-23-38-37(52-26-53-38)22-34(35)36-7-4-18-48(45-36)40(44)49(32-12-14-33(50)15-13-32)31-10-8-28(9-11-31)16-19-46-20-17-41(42,43)25-46;/h2-15,18,22-23,27,44-45,50H,16-17,19-21,24-26H2,1H3;1H/t27-;/m1./s1. The number of phenols is 1. The van der Waals surface area contributed by atoms with Gasteiger partial charge in [0.1, 0.15) is 5.75 Å². The summed E-state index contributed by atoms with van der Waals surface area (Å²) in [6.07, 6.45) is 6.64. The molecule has 1 saturated heterocycles. The molecule has 8 rings (SSSR count). The smallest absolute Gasteiger partial charge is 0.261 e. The fraction of sp³-hybridized carbons (Fsp3) is 0.268. The van der Waals surface area contributed by atoms with E-state index >= 15 is 0 Å². The molecule has 0 unspecified atom stereocenters. The number of amides is 1. The highest BCUT2D eigenvalue weighted by Crippen LogP contribution is 2.39. The van der Waals surface area contributed by atoms with Crippen molar-refractivity contribution in [3.05, 3.63) is 131 Å². The molecule has 4 aliphatic heterocycles. The topological polar surface area (TPSA) is 105 Å². The van der Waals surface area contributed by atoms with E-state index in [-0.39, 0.29) is 55.8 Å². The van der Waals surface area contributed by atoms with E-state index < -0.39 is 5.92 Å². The largest absolute Gasteiger partial charge is 0.508 e. The van der Waals surface area contributed by atoms with Crippen LogP contribution in [-0.4, -0.2) is 70.2 Å². The number of rotatable bonds is 7. The molecule has 1 atom stereocenters. The Labute approximate surface area is 318 Å². The molecule has 0 aliphatic carbocycles. The monoisotopic (exact) mass is 754 g/mol. The van der Waals surface area contributed by atoms with E-state index in [1.165, 1.54) is 5.56 Å². The quantitative estimate of drug-likeness (QED) is 0.132. The lowest BCUT2D eigenvalue weighted by Gasteiger charge is -2.36. The van der Waals surface area contributed by atoms with Crippen LogP contribution in [0.25, 0.3) is 5.70 Å². The van der Waals surface area contributed by atoms with Crippen LogP contribution in [0.3, 0.4) is 0 Å². The van der Waals surface area contributed by atoms with Gasteiger partial charge in [-0.3, -0.25) is 25.4 Å². The first-order valence-corrected chi connectivity index (χ1v) is 17.7. The molecule has 10 nitrogen and oxygen atoms in total. The van der Waals surface area contributed by atoms with Gasteiger partial charge in [-0.1, -0.05) is 36.4 Å². The number of nitrogens with zero attached hydrogens (tertiary/aromatic N) is 4. The minimum atomic E-state index is -2.63. The van der Waals surface area contributed by atoms with Crippen LogP contribution in [0.15, 0.2) is 103 Å². The molecule has 1 amide bonds. The number of alkyl halides is 2. The Morgan fingerprint density at radius 3 is 2.39 bits per heavy atom. The Morgan fingerprint density at radius 1 is 1.00 bits per heavy atom. The number of ether oxygens (including phenoxy) is 2. The lowest BCUT2D eigenvalue weighted by atomic mass is 9.93. The number of allylic oxidation sites excluding steroid dienone is 2. The van der Waals surface area contributed by atoms with Crippen molar-refractivity contribution in [1.29, 1.82) is 5.41 Å². The van der Waals surface area contributed by atoms with E-state index in [0.29, 0.717) is 65.8 Å². The van der Waals surface area contributed by atoms with E-state index in [0.717, 1.165) is 17.5 Å². The van der Waals surface area contributed by atoms with Gasteiger partial charge in [-0.05, 0) is 97.1 Å². The van der Waals surface area contributed by atoms with Gasteiger partial charge in [-0.15, -0.1) is 12.4 Å². The summed E-state index contributed by atoms with van der Waals surface area (Å²) in [6.45, 7) is 3.32. The number of hydrogen-bond acceptors (Lipinski definition) is 7. The van der Waals surface area contributed by atoms with E-state index in [1.54, 1.807) is 63.5 Å². The number of likely N-dealkylation sites (tertiary alicyclic amines) is 1. The van der Waals surface area contributed by atoms with Gasteiger partial charge in [0.25, 0.3) is 11.8 Å². The first-order chi connectivity index (χ1) is 25.6. The van der Waals surface area contributed by atoms with Crippen LogP contribution >= 0.6 is 12.4 Å². The number of aromatic hydroxyl groups is 1. The number of guanidine groups is 1. The predicted molar refractivity (Wildman–Crippen MR) is 206 cm³/mol. The van der Waals surface area contributed by atoms with Crippen molar-refractivity contribution in [3.8, 4) is 17.2 Å². The van der Waals surface area contributed by atoms with Crippen molar-refractivity contribution in [1.82, 2.24) is 20.2 Å². The molecule has 4 aliphatic rings. The van der Waals surface area contributed by atoms with Crippen LogP contribution in [0.4, 0.5) is 20.2 Å². The highest BCUT2D eigenvalue weighted by Gasteiger charge is 2.38. The molecule has 0 aromatic heterocycles. The van der Waals surface area contributed by atoms with E-state index in [9.17, 15) is 24.1 Å². The Balaban J connectivity index is 0.00000450. The molecule has 4 heterocycles. The van der Waals surface area contributed by atoms with Crippen LogP contribution < -0.4 is 19.8 Å². The number of carbonyl (C=O) groups is 1. The molecule has 3 N–H and O–H groups in total. The molecule has 13 heteroatoms. The summed E-state index contributed by atoms with van der Waals surface area (Å²) in [5.41, 5.74) is 9.65. The summed E-state index contributed by atoms with van der Waals surface area (Å²) in [5, 5.41) is 21.1. The Kier molecular flexibility index (Phi) is 10.2. The van der Waals surface area contributed by atoms with Crippen LogP contribution in [0.1, 0.15) is 46.0 Å². The van der Waals surface area contributed by atoms with Gasteiger partial charge < -0.3 is 19.5 Å². The molecule has 54 heavy (non-hydrogen) atoms. The first-order valence-electron chi connectivity index (χ1n) is 17.7. The molecule has 1 fully saturated rings. The number of anilines is 2. The number of fused-ring (bicyclic) bond motifs is 2.